The first kappa shape index (κ1) is 23.8. The number of carbonyl (C=O) groups is 5. The smallest absolute Gasteiger partial charge is 0.329 e. The van der Waals surface area contributed by atoms with Crippen molar-refractivity contribution < 1.29 is 28.7 Å². The number of amides is 3. The van der Waals surface area contributed by atoms with E-state index in [9.17, 15) is 24.0 Å². The van der Waals surface area contributed by atoms with Crippen LogP contribution < -0.4 is 5.32 Å². The number of benzene rings is 2. The number of nitrogens with zero attached hydrogens (tertiary/aromatic N) is 1. The summed E-state index contributed by atoms with van der Waals surface area (Å²) < 4.78 is 5.28. The van der Waals surface area contributed by atoms with Crippen LogP contribution in [0.2, 0.25) is 0 Å². The second kappa shape index (κ2) is 9.36. The fourth-order valence-electron chi connectivity index (χ4n) is 3.40. The van der Waals surface area contributed by atoms with Gasteiger partial charge in [-0.3, -0.25) is 24.1 Å². The van der Waals surface area contributed by atoms with Crippen molar-refractivity contribution in [2.75, 3.05) is 5.32 Å². The molecule has 1 heterocycles. The lowest BCUT2D eigenvalue weighted by atomic mass is 10.1. The summed E-state index contributed by atoms with van der Waals surface area (Å²) in [6, 6.07) is 9.92. The monoisotopic (exact) mass is 450 g/mol. The van der Waals surface area contributed by atoms with Crippen molar-refractivity contribution in [3.8, 4) is 0 Å². The number of esters is 1. The highest BCUT2D eigenvalue weighted by Gasteiger charge is 2.42. The zero-order valence-corrected chi connectivity index (χ0v) is 19.2. The third-order valence-corrected chi connectivity index (χ3v) is 5.43. The van der Waals surface area contributed by atoms with Gasteiger partial charge in [0.05, 0.1) is 11.1 Å². The molecule has 0 saturated carbocycles. The lowest BCUT2D eigenvalue weighted by molar-refractivity contribution is -0.150. The molecule has 0 spiro atoms. The van der Waals surface area contributed by atoms with E-state index in [-0.39, 0.29) is 23.0 Å². The normalized spacial score (nSPS) is 14.7. The Morgan fingerprint density at radius 1 is 0.879 bits per heavy atom. The summed E-state index contributed by atoms with van der Waals surface area (Å²) in [4.78, 5) is 63.3. The van der Waals surface area contributed by atoms with Crippen molar-refractivity contribution in [2.45, 2.75) is 46.8 Å². The van der Waals surface area contributed by atoms with Crippen LogP contribution in [0.1, 0.15) is 64.3 Å². The third-order valence-electron chi connectivity index (χ3n) is 5.43. The molecule has 0 fully saturated rings. The molecule has 8 nitrogen and oxygen atoms in total. The number of carbonyl (C=O) groups excluding carboxylic acids is 5. The van der Waals surface area contributed by atoms with Crippen molar-refractivity contribution in [1.82, 2.24) is 4.90 Å². The summed E-state index contributed by atoms with van der Waals surface area (Å²) in [5.74, 6) is -2.77. The average molecular weight is 450 g/mol. The number of hydrogen-bond acceptors (Lipinski definition) is 6. The quantitative estimate of drug-likeness (QED) is 0.393. The van der Waals surface area contributed by atoms with Crippen LogP contribution in [0, 0.1) is 12.8 Å². The Hall–Kier alpha value is -3.81. The average Bonchev–Trinajstić information content (AvgIpc) is 3.02. The van der Waals surface area contributed by atoms with Gasteiger partial charge in [-0.05, 0) is 57.2 Å². The molecule has 172 valence electrons. The number of ether oxygens (including phenoxy) is 1. The van der Waals surface area contributed by atoms with Crippen LogP contribution in [0.4, 0.5) is 5.69 Å². The van der Waals surface area contributed by atoms with Crippen LogP contribution in [-0.4, -0.2) is 46.5 Å². The molecule has 0 aromatic heterocycles. The van der Waals surface area contributed by atoms with Gasteiger partial charge in [-0.15, -0.1) is 0 Å². The summed E-state index contributed by atoms with van der Waals surface area (Å²) >= 11 is 0. The van der Waals surface area contributed by atoms with E-state index < -0.39 is 35.7 Å². The van der Waals surface area contributed by atoms with Crippen molar-refractivity contribution in [3.63, 3.8) is 0 Å². The van der Waals surface area contributed by atoms with Gasteiger partial charge in [0.1, 0.15) is 6.04 Å². The maximum Gasteiger partial charge on any atom is 0.329 e. The van der Waals surface area contributed by atoms with E-state index in [1.54, 1.807) is 51.1 Å². The van der Waals surface area contributed by atoms with Crippen LogP contribution in [0.3, 0.4) is 0 Å². The Labute approximate surface area is 191 Å². The highest BCUT2D eigenvalue weighted by Crippen LogP contribution is 2.26. The zero-order chi connectivity index (χ0) is 24.4. The second-order valence-electron chi connectivity index (χ2n) is 8.37. The van der Waals surface area contributed by atoms with E-state index in [0.717, 1.165) is 10.5 Å². The molecule has 0 saturated heterocycles. The van der Waals surface area contributed by atoms with Gasteiger partial charge in [0.25, 0.3) is 11.8 Å². The number of Topliss-reactive ketones (excluding diaryl/α,β-unsaturated/α-hetero) is 1. The molecule has 0 radical (unpaired) electrons. The van der Waals surface area contributed by atoms with Gasteiger partial charge in [-0.1, -0.05) is 25.5 Å². The minimum Gasteiger partial charge on any atom is -0.453 e. The number of anilines is 1. The first-order valence-electron chi connectivity index (χ1n) is 10.7. The number of rotatable bonds is 7. The summed E-state index contributed by atoms with van der Waals surface area (Å²) in [6.45, 7) is 8.16. The van der Waals surface area contributed by atoms with Crippen LogP contribution in [0.25, 0.3) is 0 Å². The van der Waals surface area contributed by atoms with Gasteiger partial charge in [0, 0.05) is 17.2 Å². The number of aryl methyl sites for hydroxylation is 1. The molecule has 1 aliphatic rings. The lowest BCUT2D eigenvalue weighted by Gasteiger charge is -2.22. The van der Waals surface area contributed by atoms with Crippen molar-refractivity contribution in [2.24, 2.45) is 5.92 Å². The fraction of sp³-hybridized carbons (Fsp3) is 0.320. The Kier molecular flexibility index (Phi) is 6.76. The minimum atomic E-state index is -1.19. The number of nitrogens with one attached hydrogen (secondary N) is 1. The van der Waals surface area contributed by atoms with Gasteiger partial charge in [0.2, 0.25) is 11.7 Å². The maximum atomic E-state index is 12.7. The lowest BCUT2D eigenvalue weighted by Crippen LogP contribution is -2.45. The summed E-state index contributed by atoms with van der Waals surface area (Å²) in [6.07, 6.45) is -1.13. The van der Waals surface area contributed by atoms with Gasteiger partial charge in [-0.2, -0.15) is 0 Å². The molecule has 3 amide bonds. The predicted molar refractivity (Wildman–Crippen MR) is 121 cm³/mol. The molecular weight excluding hydrogens is 424 g/mol. The molecule has 1 N–H and O–H groups in total. The molecule has 1 aliphatic heterocycles. The van der Waals surface area contributed by atoms with Crippen LogP contribution in [-0.2, 0) is 14.3 Å². The Bertz CT molecular complexity index is 1140. The van der Waals surface area contributed by atoms with Crippen LogP contribution in [0.5, 0.6) is 0 Å². The van der Waals surface area contributed by atoms with E-state index in [2.05, 4.69) is 5.32 Å². The number of fused-ring (bicyclic) bond motifs is 1. The highest BCUT2D eigenvalue weighted by molar-refractivity contribution is 6.22. The van der Waals surface area contributed by atoms with Crippen molar-refractivity contribution in [3.05, 3.63) is 64.7 Å². The maximum absolute atomic E-state index is 12.7. The molecule has 33 heavy (non-hydrogen) atoms. The zero-order valence-electron chi connectivity index (χ0n) is 19.2. The summed E-state index contributed by atoms with van der Waals surface area (Å²) in [7, 11) is 0. The van der Waals surface area contributed by atoms with E-state index in [0.29, 0.717) is 11.3 Å². The molecule has 3 rings (SSSR count). The second-order valence-corrected chi connectivity index (χ2v) is 8.37. The van der Waals surface area contributed by atoms with E-state index in [1.165, 1.54) is 26.0 Å². The molecule has 2 unspecified atom stereocenters. The minimum absolute atomic E-state index is 0.145. The van der Waals surface area contributed by atoms with Gasteiger partial charge < -0.3 is 10.1 Å². The molecule has 8 heteroatoms. The first-order valence-corrected chi connectivity index (χ1v) is 10.7. The van der Waals surface area contributed by atoms with Gasteiger partial charge in [-0.25, -0.2) is 4.79 Å². The Morgan fingerprint density at radius 3 is 2.09 bits per heavy atom. The standard InChI is InChI=1S/C25H26N2O6/c1-13(2)22(29)26-18-9-7-17(8-10-18)21(28)16(5)33-25(32)15(4)27-23(30)19-11-6-14(3)12-20(19)24(27)31/h6-13,15-16H,1-5H3,(H,26,29). The summed E-state index contributed by atoms with van der Waals surface area (Å²) in [5.41, 5.74) is 2.14. The highest BCUT2D eigenvalue weighted by atomic mass is 16.5. The van der Waals surface area contributed by atoms with E-state index >= 15 is 0 Å². The first-order chi connectivity index (χ1) is 15.5. The summed E-state index contributed by atoms with van der Waals surface area (Å²) in [5, 5.41) is 2.73. The number of imide groups is 1. The molecule has 2 aromatic rings. The molecule has 2 aromatic carbocycles. The van der Waals surface area contributed by atoms with E-state index in [4.69, 9.17) is 4.74 Å². The van der Waals surface area contributed by atoms with Gasteiger partial charge in [0.15, 0.2) is 6.10 Å². The Morgan fingerprint density at radius 2 is 1.48 bits per heavy atom. The fourth-order valence-corrected chi connectivity index (χ4v) is 3.40. The van der Waals surface area contributed by atoms with Crippen molar-refractivity contribution in [1.29, 1.82) is 0 Å². The van der Waals surface area contributed by atoms with Gasteiger partial charge >= 0.3 is 5.97 Å². The molecule has 0 aliphatic carbocycles. The SMILES string of the molecule is Cc1ccc2c(c1)C(=O)N(C(C)C(=O)OC(C)C(=O)c1ccc(NC(=O)C(C)C)cc1)C2=O. The molecule has 2 atom stereocenters. The number of ketones is 1. The molecular formula is C25H26N2O6. The van der Waals surface area contributed by atoms with E-state index in [1.807, 2.05) is 0 Å². The largest absolute Gasteiger partial charge is 0.453 e. The Balaban J connectivity index is 1.65. The molecule has 0 bridgehead atoms. The van der Waals surface area contributed by atoms with Crippen LogP contribution >= 0.6 is 0 Å². The predicted octanol–water partition coefficient (Wildman–Crippen LogP) is 3.39. The third kappa shape index (κ3) is 4.84. The van der Waals surface area contributed by atoms with Crippen LogP contribution in [0.15, 0.2) is 42.5 Å². The van der Waals surface area contributed by atoms with Crippen molar-refractivity contribution >= 4 is 35.2 Å². The topological polar surface area (TPSA) is 110 Å². The number of hydrogen-bond donors (Lipinski definition) is 1.